The van der Waals surface area contributed by atoms with Crippen LogP contribution in [0, 0.1) is 19.9 Å². The van der Waals surface area contributed by atoms with E-state index in [2.05, 4.69) is 80.1 Å². The van der Waals surface area contributed by atoms with Crippen molar-refractivity contribution in [1.82, 2.24) is 14.5 Å². The second-order valence-electron chi connectivity index (χ2n) is 8.93. The second kappa shape index (κ2) is 11.4. The van der Waals surface area contributed by atoms with E-state index in [4.69, 9.17) is 0 Å². The van der Waals surface area contributed by atoms with Gasteiger partial charge in [-0.3, -0.25) is 0 Å². The third kappa shape index (κ3) is 6.05. The molecule has 2 heterocycles. The van der Waals surface area contributed by atoms with E-state index < -0.39 is 0 Å². The van der Waals surface area contributed by atoms with Crippen LogP contribution in [0.5, 0.6) is 5.75 Å². The van der Waals surface area contributed by atoms with Gasteiger partial charge in [0, 0.05) is 45.7 Å². The zero-order chi connectivity index (χ0) is 24.2. The van der Waals surface area contributed by atoms with Crippen molar-refractivity contribution in [2.45, 2.75) is 33.6 Å². The van der Waals surface area contributed by atoms with Gasteiger partial charge in [-0.25, -0.2) is 4.98 Å². The van der Waals surface area contributed by atoms with Gasteiger partial charge in [-0.2, -0.15) is 0 Å². The molecule has 35 heavy (non-hydrogen) atoms. The zero-order valence-electron chi connectivity index (χ0n) is 20.7. The number of hydrogen-bond acceptors (Lipinski definition) is 3. The fourth-order valence-corrected chi connectivity index (χ4v) is 4.08. The molecule has 5 rings (SSSR count). The fraction of sp³-hybridized carbons (Fsp3) is 0.200. The number of para-hydroxylation sites is 1. The summed E-state index contributed by atoms with van der Waals surface area (Å²) in [5.74, 6) is 1.58. The summed E-state index contributed by atoms with van der Waals surface area (Å²) in [5, 5.41) is 12.0. The number of aromatic hydroxyl groups is 1. The van der Waals surface area contributed by atoms with Crippen molar-refractivity contribution in [3.8, 4) is 28.4 Å². The largest absolute Gasteiger partial charge is 0.507 e. The number of rotatable bonds is 3. The van der Waals surface area contributed by atoms with Crippen LogP contribution in [0.15, 0.2) is 79.3 Å². The Morgan fingerprint density at radius 1 is 0.914 bits per heavy atom. The zero-order valence-corrected chi connectivity index (χ0v) is 23.1. The third-order valence-corrected chi connectivity index (χ3v) is 5.82. The Morgan fingerprint density at radius 2 is 1.69 bits per heavy atom. The first-order valence-electron chi connectivity index (χ1n) is 11.5. The van der Waals surface area contributed by atoms with Gasteiger partial charge in [-0.1, -0.05) is 58.0 Å². The molecule has 0 aliphatic carbocycles. The van der Waals surface area contributed by atoms with Crippen LogP contribution in [-0.2, 0) is 27.2 Å². The SMILES string of the molecule is Cc1[c-]c(-c2nccc3cc(C(C)C)ccc23)cc(C)c1.Cn1ccnc1-c1ccccc1O.[Ir]. The van der Waals surface area contributed by atoms with Gasteiger partial charge < -0.3 is 14.7 Å². The van der Waals surface area contributed by atoms with Gasteiger partial charge >= 0.3 is 0 Å². The van der Waals surface area contributed by atoms with E-state index in [0.717, 1.165) is 28.2 Å². The molecule has 0 bridgehead atoms. The van der Waals surface area contributed by atoms with Gasteiger partial charge in [0.15, 0.2) is 0 Å². The molecule has 181 valence electrons. The number of aryl methyl sites for hydroxylation is 3. The molecule has 3 aromatic carbocycles. The van der Waals surface area contributed by atoms with Crippen LogP contribution in [0.3, 0.4) is 0 Å². The number of phenolic OH excluding ortho intramolecular Hbond substituents is 1. The Kier molecular flexibility index (Phi) is 8.61. The average Bonchev–Trinajstić information content (AvgIpc) is 3.24. The number of pyridine rings is 1. The molecule has 0 saturated heterocycles. The minimum absolute atomic E-state index is 0. The van der Waals surface area contributed by atoms with Crippen LogP contribution in [0.25, 0.3) is 33.4 Å². The molecule has 0 aliphatic rings. The summed E-state index contributed by atoms with van der Waals surface area (Å²) in [5.41, 5.74) is 6.63. The molecule has 4 nitrogen and oxygen atoms in total. The van der Waals surface area contributed by atoms with E-state index in [-0.39, 0.29) is 25.9 Å². The summed E-state index contributed by atoms with van der Waals surface area (Å²) in [6.45, 7) is 8.65. The summed E-state index contributed by atoms with van der Waals surface area (Å²) in [7, 11) is 1.90. The average molecular weight is 641 g/mol. The van der Waals surface area contributed by atoms with Crippen LogP contribution in [-0.4, -0.2) is 19.6 Å². The van der Waals surface area contributed by atoms with E-state index in [0.29, 0.717) is 5.92 Å². The summed E-state index contributed by atoms with van der Waals surface area (Å²) in [6.07, 6.45) is 5.46. The second-order valence-corrected chi connectivity index (χ2v) is 8.93. The molecule has 2 aromatic heterocycles. The summed E-state index contributed by atoms with van der Waals surface area (Å²) >= 11 is 0. The van der Waals surface area contributed by atoms with Crippen LogP contribution in [0.1, 0.15) is 36.5 Å². The standard InChI is InChI=1S/C20H20N.C10H10N2O.Ir/c1-13(2)16-5-6-19-17(12-16)7-8-21-20(19)18-10-14(3)9-15(4)11-18;1-12-7-6-11-10(12)8-4-2-3-5-9(8)13;/h5-10,12-13H,1-4H3;2-7,13H,1H3;/q-1;;. The van der Waals surface area contributed by atoms with Gasteiger partial charge in [0.2, 0.25) is 0 Å². The molecule has 0 spiro atoms. The van der Waals surface area contributed by atoms with Crippen LogP contribution >= 0.6 is 0 Å². The molecular formula is C30H30IrN3O-. The molecule has 0 fully saturated rings. The van der Waals surface area contributed by atoms with Crippen molar-refractivity contribution in [2.24, 2.45) is 7.05 Å². The first-order chi connectivity index (χ1) is 16.3. The fourth-order valence-electron chi connectivity index (χ4n) is 4.08. The van der Waals surface area contributed by atoms with Gasteiger partial charge in [0.05, 0.1) is 5.56 Å². The van der Waals surface area contributed by atoms with Crippen LogP contribution in [0.4, 0.5) is 0 Å². The minimum Gasteiger partial charge on any atom is -0.507 e. The van der Waals surface area contributed by atoms with E-state index in [1.165, 1.54) is 21.9 Å². The molecule has 0 atom stereocenters. The topological polar surface area (TPSA) is 50.9 Å². The quantitative estimate of drug-likeness (QED) is 0.212. The molecule has 1 N–H and O–H groups in total. The number of fused-ring (bicyclic) bond motifs is 1. The Morgan fingerprint density at radius 3 is 2.34 bits per heavy atom. The Labute approximate surface area is 221 Å². The number of imidazole rings is 1. The van der Waals surface area contributed by atoms with Gasteiger partial charge in [-0.05, 0) is 46.1 Å². The number of phenols is 1. The monoisotopic (exact) mass is 641 g/mol. The molecule has 5 aromatic rings. The molecule has 0 aliphatic heterocycles. The van der Waals surface area contributed by atoms with Gasteiger partial charge in [0.1, 0.15) is 11.6 Å². The van der Waals surface area contributed by atoms with Crippen LogP contribution in [0.2, 0.25) is 0 Å². The smallest absolute Gasteiger partial charge is 0.143 e. The maximum atomic E-state index is 9.55. The molecule has 0 amide bonds. The van der Waals surface area contributed by atoms with E-state index in [1.54, 1.807) is 18.3 Å². The number of aromatic nitrogens is 3. The third-order valence-electron chi connectivity index (χ3n) is 5.82. The normalized spacial score (nSPS) is 10.6. The summed E-state index contributed by atoms with van der Waals surface area (Å²) in [6, 6.07) is 23.7. The van der Waals surface area contributed by atoms with Crippen molar-refractivity contribution >= 4 is 10.8 Å². The van der Waals surface area contributed by atoms with Crippen molar-refractivity contribution in [3.63, 3.8) is 0 Å². The van der Waals surface area contributed by atoms with E-state index >= 15 is 0 Å². The number of benzene rings is 3. The predicted molar refractivity (Wildman–Crippen MR) is 140 cm³/mol. The summed E-state index contributed by atoms with van der Waals surface area (Å²) in [4.78, 5) is 8.75. The molecule has 5 heteroatoms. The Bertz CT molecular complexity index is 1420. The van der Waals surface area contributed by atoms with Crippen LogP contribution < -0.4 is 0 Å². The predicted octanol–water partition coefficient (Wildman–Crippen LogP) is 7.23. The minimum atomic E-state index is 0. The molecule has 1 radical (unpaired) electrons. The first kappa shape index (κ1) is 26.3. The van der Waals surface area contributed by atoms with Crippen molar-refractivity contribution in [3.05, 3.63) is 102 Å². The van der Waals surface area contributed by atoms with Gasteiger partial charge in [-0.15, -0.1) is 34.9 Å². The first-order valence-corrected chi connectivity index (χ1v) is 11.5. The Hall–Kier alpha value is -3.27. The maximum Gasteiger partial charge on any atom is 0.143 e. The van der Waals surface area contributed by atoms with Crippen molar-refractivity contribution < 1.29 is 25.2 Å². The number of hydrogen-bond donors (Lipinski definition) is 1. The van der Waals surface area contributed by atoms with Crippen molar-refractivity contribution in [2.75, 3.05) is 0 Å². The summed E-state index contributed by atoms with van der Waals surface area (Å²) < 4.78 is 1.87. The number of nitrogens with zero attached hydrogens (tertiary/aromatic N) is 3. The van der Waals surface area contributed by atoms with E-state index in [1.807, 2.05) is 36.1 Å². The van der Waals surface area contributed by atoms with E-state index in [9.17, 15) is 5.11 Å². The maximum absolute atomic E-state index is 9.55. The van der Waals surface area contributed by atoms with Gasteiger partial charge in [0.25, 0.3) is 0 Å². The molecule has 0 unspecified atom stereocenters. The Balaban J connectivity index is 0.000000211. The molecule has 0 saturated carbocycles. The molecular weight excluding hydrogens is 611 g/mol. The van der Waals surface area contributed by atoms with Crippen molar-refractivity contribution in [1.29, 1.82) is 0 Å².